The molecule has 0 aliphatic rings. The molecule has 2 aromatic carbocycles. The lowest BCUT2D eigenvalue weighted by Crippen LogP contribution is -2.53. The number of alkyl carbamates (subject to hydrolysis) is 2. The fourth-order valence-corrected chi connectivity index (χ4v) is 5.84. The van der Waals surface area contributed by atoms with Gasteiger partial charge in [0.1, 0.15) is 45.6 Å². The van der Waals surface area contributed by atoms with Crippen LogP contribution in [-0.2, 0) is 50.0 Å². The van der Waals surface area contributed by atoms with Crippen molar-refractivity contribution in [3.8, 4) is 5.75 Å². The third-order valence-electron chi connectivity index (χ3n) is 6.79. The second kappa shape index (κ2) is 20.6. The van der Waals surface area contributed by atoms with Crippen LogP contribution >= 0.6 is 0 Å². The van der Waals surface area contributed by atoms with Crippen LogP contribution in [0.1, 0.15) is 126 Å². The summed E-state index contributed by atoms with van der Waals surface area (Å²) in [5.41, 5.74) is -5.33. The van der Waals surface area contributed by atoms with Gasteiger partial charge < -0.3 is 28.4 Å². The molecular weight excluding hydrogens is 850 g/mol. The number of guanidine groups is 1. The Morgan fingerprint density at radius 2 is 1.14 bits per heavy atom. The van der Waals surface area contributed by atoms with E-state index in [0.29, 0.717) is 0 Å². The van der Waals surface area contributed by atoms with E-state index in [1.807, 2.05) is 4.72 Å². The monoisotopic (exact) mass is 909 g/mol. The highest BCUT2D eigenvalue weighted by Crippen LogP contribution is 2.24. The Morgan fingerprint density at radius 3 is 1.59 bits per heavy atom. The average molecular weight is 910 g/mol. The molecule has 2 rings (SSSR count). The van der Waals surface area contributed by atoms with Crippen molar-refractivity contribution in [1.82, 2.24) is 19.7 Å². The normalized spacial score (nSPS) is 12.8. The summed E-state index contributed by atoms with van der Waals surface area (Å²) in [5, 5.41) is 4.67. The molecule has 3 N–H and O–H groups in total. The van der Waals surface area contributed by atoms with Gasteiger partial charge in [0.15, 0.2) is 0 Å². The van der Waals surface area contributed by atoms with Crippen LogP contribution in [0.5, 0.6) is 5.75 Å². The maximum absolute atomic E-state index is 15.7. The van der Waals surface area contributed by atoms with E-state index in [1.54, 1.807) is 62.3 Å². The van der Waals surface area contributed by atoms with Crippen molar-refractivity contribution >= 4 is 58.0 Å². The highest BCUT2D eigenvalue weighted by Gasteiger charge is 2.39. The number of aliphatic imine (C=N–C) groups is 1. The summed E-state index contributed by atoms with van der Waals surface area (Å²) < 4.78 is 77.3. The van der Waals surface area contributed by atoms with Crippen molar-refractivity contribution in [3.05, 3.63) is 59.4 Å². The summed E-state index contributed by atoms with van der Waals surface area (Å²) in [4.78, 5) is 81.5. The summed E-state index contributed by atoms with van der Waals surface area (Å²) in [7, 11) is -5.12. The molecule has 19 nitrogen and oxygen atoms in total. The zero-order chi connectivity index (χ0) is 48.5. The third-order valence-corrected chi connectivity index (χ3v) is 8.23. The van der Waals surface area contributed by atoms with Crippen LogP contribution in [0.25, 0.3) is 0 Å². The Labute approximate surface area is 367 Å². The van der Waals surface area contributed by atoms with Crippen LogP contribution < -0.4 is 20.1 Å². The molecule has 0 saturated carbocycles. The molecule has 0 aromatic heterocycles. The summed E-state index contributed by atoms with van der Waals surface area (Å²) in [6.45, 7) is 22.5. The van der Waals surface area contributed by atoms with Gasteiger partial charge in [-0.2, -0.15) is 17.4 Å². The number of amides is 3. The standard InChI is InChI=1S/C42H60FN5O14S/c1-38(2,3)58-31(49)23-30(33(51)59-39(4,5)6)47-63(55,56)48(37(54)62-42(13,14)15)24-26-18-21-28(22-29(26)43)57-32(50)25-16-19-27(20-17-25)44-34(45-35(52)60-40(7,8)9)46-36(53)61-41(10,11)12/h16-22,30,47H,23-24H2,1-15H3,(H2,44,45,46,52,53). The largest absolute Gasteiger partial charge is 0.460 e. The van der Waals surface area contributed by atoms with Gasteiger partial charge in [-0.15, -0.1) is 0 Å². The van der Waals surface area contributed by atoms with Crippen molar-refractivity contribution in [2.45, 2.75) is 151 Å². The van der Waals surface area contributed by atoms with E-state index in [9.17, 15) is 37.2 Å². The molecule has 0 aliphatic heterocycles. The van der Waals surface area contributed by atoms with Crippen molar-refractivity contribution < 1.29 is 70.0 Å². The van der Waals surface area contributed by atoms with Crippen LogP contribution in [0.4, 0.5) is 24.5 Å². The van der Waals surface area contributed by atoms with Crippen molar-refractivity contribution in [1.29, 1.82) is 0 Å². The molecule has 350 valence electrons. The smallest absolute Gasteiger partial charge is 0.425 e. The number of carbonyl (C=O) groups is 6. The first-order valence-electron chi connectivity index (χ1n) is 19.6. The Bertz CT molecular complexity index is 2110. The predicted molar refractivity (Wildman–Crippen MR) is 228 cm³/mol. The first kappa shape index (κ1) is 53.3. The average Bonchev–Trinajstić information content (AvgIpc) is 3.03. The Hall–Kier alpha value is -5.83. The molecule has 0 bridgehead atoms. The second-order valence-electron chi connectivity index (χ2n) is 18.9. The van der Waals surface area contributed by atoms with E-state index in [4.69, 9.17) is 28.4 Å². The molecule has 0 aliphatic carbocycles. The molecule has 1 unspecified atom stereocenters. The summed E-state index contributed by atoms with van der Waals surface area (Å²) in [5.74, 6) is -4.82. The number of hydrogen-bond donors (Lipinski definition) is 3. The number of hydrogen-bond acceptors (Lipinski definition) is 15. The fourth-order valence-electron chi connectivity index (χ4n) is 4.63. The highest BCUT2D eigenvalue weighted by atomic mass is 32.2. The number of nitrogens with zero attached hydrogens (tertiary/aromatic N) is 2. The van der Waals surface area contributed by atoms with Crippen molar-refractivity contribution in [2.24, 2.45) is 4.99 Å². The predicted octanol–water partition coefficient (Wildman–Crippen LogP) is 7.10. The van der Waals surface area contributed by atoms with Gasteiger partial charge in [-0.05, 0) is 134 Å². The quantitative estimate of drug-likeness (QED) is 0.0670. The van der Waals surface area contributed by atoms with E-state index < -0.39 is 99.2 Å². The lowest BCUT2D eigenvalue weighted by molar-refractivity contribution is -0.164. The Morgan fingerprint density at radius 1 is 0.667 bits per heavy atom. The van der Waals surface area contributed by atoms with Gasteiger partial charge in [-0.25, -0.2) is 28.6 Å². The molecule has 2 aromatic rings. The van der Waals surface area contributed by atoms with Gasteiger partial charge in [-0.3, -0.25) is 20.2 Å². The maximum atomic E-state index is 15.7. The molecule has 0 radical (unpaired) electrons. The molecule has 0 fully saturated rings. The number of esters is 3. The SMILES string of the molecule is CC(C)(C)OC(=O)CC(NS(=O)(=O)N(Cc1ccc(OC(=O)c2ccc(N=C(NC(=O)OC(C)(C)C)NC(=O)OC(C)(C)C)cc2)cc1F)C(=O)OC(C)(C)C)C(=O)OC(C)(C)C. The molecule has 63 heavy (non-hydrogen) atoms. The third kappa shape index (κ3) is 20.7. The summed E-state index contributed by atoms with van der Waals surface area (Å²) in [6.07, 6.45) is -4.12. The first-order chi connectivity index (χ1) is 28.4. The van der Waals surface area contributed by atoms with E-state index in [2.05, 4.69) is 15.6 Å². The van der Waals surface area contributed by atoms with Crippen LogP contribution in [-0.4, -0.2) is 88.9 Å². The van der Waals surface area contributed by atoms with Crippen LogP contribution in [0, 0.1) is 5.82 Å². The summed E-state index contributed by atoms with van der Waals surface area (Å²) >= 11 is 0. The Kier molecular flexibility index (Phi) is 17.4. The van der Waals surface area contributed by atoms with Gasteiger partial charge in [0.25, 0.3) is 0 Å². The minimum Gasteiger partial charge on any atom is -0.460 e. The second-order valence-corrected chi connectivity index (χ2v) is 20.5. The van der Waals surface area contributed by atoms with E-state index >= 15 is 4.39 Å². The molecule has 1 atom stereocenters. The topological polar surface area (TPSA) is 244 Å². The Balaban J connectivity index is 2.39. The minimum absolute atomic E-state index is 0.0284. The maximum Gasteiger partial charge on any atom is 0.425 e. The van der Waals surface area contributed by atoms with E-state index in [0.717, 1.165) is 18.2 Å². The van der Waals surface area contributed by atoms with Gasteiger partial charge in [0, 0.05) is 11.6 Å². The number of halogens is 1. The van der Waals surface area contributed by atoms with Gasteiger partial charge in [0.05, 0.1) is 24.2 Å². The number of carbonyl (C=O) groups excluding carboxylic acids is 6. The lowest BCUT2D eigenvalue weighted by Gasteiger charge is -2.29. The van der Waals surface area contributed by atoms with Crippen LogP contribution in [0.3, 0.4) is 0 Å². The fraction of sp³-hybridized carbons (Fsp3) is 0.548. The summed E-state index contributed by atoms with van der Waals surface area (Å²) in [6, 6.07) is 6.41. The van der Waals surface area contributed by atoms with Gasteiger partial charge in [-0.1, -0.05) is 6.07 Å². The number of benzene rings is 2. The van der Waals surface area contributed by atoms with Crippen molar-refractivity contribution in [3.63, 3.8) is 0 Å². The highest BCUT2D eigenvalue weighted by molar-refractivity contribution is 7.87. The molecule has 0 spiro atoms. The molecular formula is C42H60FN5O14S. The minimum atomic E-state index is -5.12. The number of rotatable bonds is 11. The number of nitrogens with one attached hydrogen (secondary N) is 3. The lowest BCUT2D eigenvalue weighted by atomic mass is 10.1. The van der Waals surface area contributed by atoms with E-state index in [-0.39, 0.29) is 32.8 Å². The first-order valence-corrected chi connectivity index (χ1v) is 21.0. The molecule has 21 heteroatoms. The molecule has 3 amide bonds. The molecule has 0 saturated heterocycles. The van der Waals surface area contributed by atoms with Crippen LogP contribution in [0.15, 0.2) is 47.5 Å². The zero-order valence-electron chi connectivity index (χ0n) is 38.4. The van der Waals surface area contributed by atoms with Gasteiger partial charge >= 0.3 is 46.4 Å². The molecule has 0 heterocycles. The van der Waals surface area contributed by atoms with Gasteiger partial charge in [0.2, 0.25) is 5.96 Å². The number of ether oxygens (including phenoxy) is 6. The van der Waals surface area contributed by atoms with E-state index in [1.165, 1.54) is 65.8 Å². The van der Waals surface area contributed by atoms with Crippen molar-refractivity contribution in [2.75, 3.05) is 0 Å². The zero-order valence-corrected chi connectivity index (χ0v) is 39.2. The van der Waals surface area contributed by atoms with Crippen LogP contribution in [0.2, 0.25) is 0 Å².